The van der Waals surface area contributed by atoms with E-state index in [0.717, 1.165) is 49.8 Å². The highest BCUT2D eigenvalue weighted by molar-refractivity contribution is 6.34. The molecule has 0 spiro atoms. The Morgan fingerprint density at radius 2 is 1.69 bits per heavy atom. The molecule has 29 heavy (non-hydrogen) atoms. The molecular weight excluding hydrogens is 378 g/mol. The van der Waals surface area contributed by atoms with Gasteiger partial charge in [0.25, 0.3) is 0 Å². The van der Waals surface area contributed by atoms with Gasteiger partial charge in [-0.3, -0.25) is 4.98 Å². The van der Waals surface area contributed by atoms with Crippen LogP contribution in [0.1, 0.15) is 70.3 Å². The molecule has 0 atom stereocenters. The smallest absolute Gasteiger partial charge is 0.0985 e. The first-order chi connectivity index (χ1) is 13.9. The van der Waals surface area contributed by atoms with Crippen molar-refractivity contribution in [3.05, 3.63) is 46.2 Å². The van der Waals surface area contributed by atoms with Gasteiger partial charge >= 0.3 is 0 Å². The maximum Gasteiger partial charge on any atom is 0.0985 e. The van der Waals surface area contributed by atoms with E-state index in [0.29, 0.717) is 6.04 Å². The van der Waals surface area contributed by atoms with Crippen LogP contribution in [0.4, 0.5) is 5.69 Å². The Hall–Kier alpha value is -2.00. The zero-order valence-corrected chi connectivity index (χ0v) is 19.8. The Kier molecular flexibility index (Phi) is 8.58. The Balaban J connectivity index is 0.00000145. The number of hydrogen-bond donors (Lipinski definition) is 2. The average Bonchev–Trinajstić information content (AvgIpc) is 3.00. The molecule has 0 aliphatic carbocycles. The summed E-state index contributed by atoms with van der Waals surface area (Å²) in [6.45, 7) is 14.7. The first kappa shape index (κ1) is 23.3. The first-order valence-corrected chi connectivity index (χ1v) is 11.3. The predicted molar refractivity (Wildman–Crippen MR) is 129 cm³/mol. The second-order valence-corrected chi connectivity index (χ2v) is 7.97. The van der Waals surface area contributed by atoms with Gasteiger partial charge in [0.2, 0.25) is 0 Å². The summed E-state index contributed by atoms with van der Waals surface area (Å²) < 4.78 is 0. The molecular formula is C25H36ClN3. The molecule has 2 aromatic heterocycles. The molecule has 4 heteroatoms. The number of anilines is 1. The minimum atomic E-state index is 0.486. The molecule has 0 unspecified atom stereocenters. The predicted octanol–water partition coefficient (Wildman–Crippen LogP) is 8.22. The summed E-state index contributed by atoms with van der Waals surface area (Å²) in [5.74, 6) is 0. The number of H-pyrrole nitrogens is 1. The fourth-order valence-electron chi connectivity index (χ4n) is 3.88. The Morgan fingerprint density at radius 3 is 2.28 bits per heavy atom. The molecule has 3 aromatic rings. The number of hydrogen-bond acceptors (Lipinski definition) is 2. The molecule has 0 aliphatic rings. The van der Waals surface area contributed by atoms with Crippen LogP contribution in [0.5, 0.6) is 0 Å². The van der Waals surface area contributed by atoms with E-state index in [1.54, 1.807) is 0 Å². The third-order valence-corrected chi connectivity index (χ3v) is 5.41. The molecule has 0 radical (unpaired) electrons. The van der Waals surface area contributed by atoms with E-state index < -0.39 is 0 Å². The van der Waals surface area contributed by atoms with Gasteiger partial charge < -0.3 is 10.3 Å². The molecule has 0 amide bonds. The summed E-state index contributed by atoms with van der Waals surface area (Å²) in [7, 11) is 0. The third-order valence-electron chi connectivity index (χ3n) is 5.10. The number of nitrogens with zero attached hydrogens (tertiary/aromatic N) is 1. The van der Waals surface area contributed by atoms with Crippen LogP contribution in [0.3, 0.4) is 0 Å². The van der Waals surface area contributed by atoms with Crippen molar-refractivity contribution in [1.82, 2.24) is 9.97 Å². The van der Waals surface area contributed by atoms with Gasteiger partial charge in [0.15, 0.2) is 0 Å². The molecule has 0 fully saturated rings. The summed E-state index contributed by atoms with van der Waals surface area (Å²) in [5.41, 5.74) is 8.61. The molecule has 3 rings (SSSR count). The lowest BCUT2D eigenvalue weighted by Gasteiger charge is -2.19. The Morgan fingerprint density at radius 1 is 1.03 bits per heavy atom. The van der Waals surface area contributed by atoms with E-state index >= 15 is 0 Å². The number of aromatic amines is 1. The summed E-state index contributed by atoms with van der Waals surface area (Å²) >= 11 is 6.58. The molecule has 1 aromatic carbocycles. The fraction of sp³-hybridized carbons (Fsp3) is 0.480. The Bertz CT molecular complexity index is 937. The second kappa shape index (κ2) is 10.7. The number of pyridine rings is 1. The molecule has 3 nitrogen and oxygen atoms in total. The van der Waals surface area contributed by atoms with Crippen LogP contribution in [0.15, 0.2) is 24.3 Å². The monoisotopic (exact) mass is 413 g/mol. The van der Waals surface area contributed by atoms with Crippen molar-refractivity contribution in [2.24, 2.45) is 0 Å². The van der Waals surface area contributed by atoms with Gasteiger partial charge in [-0.25, -0.2) is 0 Å². The highest BCUT2D eigenvalue weighted by Crippen LogP contribution is 2.38. The SMILES string of the molecule is CC.CCCC(CCC)Nc1cc(C)nc2c(-c3ccc(C)cc3Cl)c(C)[nH]c12. The number of fused-ring (bicyclic) bond motifs is 1. The second-order valence-electron chi connectivity index (χ2n) is 7.56. The summed E-state index contributed by atoms with van der Waals surface area (Å²) in [6, 6.07) is 8.86. The lowest BCUT2D eigenvalue weighted by Crippen LogP contribution is -2.19. The van der Waals surface area contributed by atoms with Gasteiger partial charge in [-0.2, -0.15) is 0 Å². The summed E-state index contributed by atoms with van der Waals surface area (Å²) in [5, 5.41) is 4.55. The normalized spacial score (nSPS) is 10.9. The van der Waals surface area contributed by atoms with Crippen LogP contribution < -0.4 is 5.32 Å². The standard InChI is InChI=1S/C23H30ClN3.C2H6/c1-6-8-17(9-7-2)27-20-13-15(4)25-23-21(16(5)26-22(20)23)18-11-10-14(3)12-19(18)24;1-2/h10-13,17,26H,6-9H2,1-5H3,(H,25,27);1-2H3. The van der Waals surface area contributed by atoms with Crippen molar-refractivity contribution >= 4 is 28.3 Å². The van der Waals surface area contributed by atoms with Crippen molar-refractivity contribution in [3.63, 3.8) is 0 Å². The first-order valence-electron chi connectivity index (χ1n) is 11.0. The molecule has 0 saturated heterocycles. The number of aryl methyl sites for hydroxylation is 3. The van der Waals surface area contributed by atoms with E-state index in [4.69, 9.17) is 16.6 Å². The van der Waals surface area contributed by atoms with E-state index in [-0.39, 0.29) is 0 Å². The van der Waals surface area contributed by atoms with Crippen molar-refractivity contribution in [1.29, 1.82) is 0 Å². The molecule has 0 aliphatic heterocycles. The minimum Gasteiger partial charge on any atom is -0.381 e. The topological polar surface area (TPSA) is 40.7 Å². The maximum atomic E-state index is 6.58. The number of benzene rings is 1. The molecule has 2 N–H and O–H groups in total. The number of aromatic nitrogens is 2. The number of rotatable bonds is 7. The highest BCUT2D eigenvalue weighted by Gasteiger charge is 2.19. The molecule has 158 valence electrons. The van der Waals surface area contributed by atoms with Gasteiger partial charge in [0.05, 0.1) is 16.7 Å². The van der Waals surface area contributed by atoms with Crippen molar-refractivity contribution in [3.8, 4) is 11.1 Å². The van der Waals surface area contributed by atoms with E-state index in [1.165, 1.54) is 25.7 Å². The van der Waals surface area contributed by atoms with Gasteiger partial charge in [-0.15, -0.1) is 0 Å². The lowest BCUT2D eigenvalue weighted by molar-refractivity contribution is 0.586. The fourth-order valence-corrected chi connectivity index (χ4v) is 4.21. The number of nitrogens with one attached hydrogen (secondary N) is 2. The summed E-state index contributed by atoms with van der Waals surface area (Å²) in [6.07, 6.45) is 4.71. The quantitative estimate of drug-likeness (QED) is 0.409. The van der Waals surface area contributed by atoms with E-state index in [9.17, 15) is 0 Å². The van der Waals surface area contributed by atoms with Crippen molar-refractivity contribution in [2.45, 2.75) is 80.2 Å². The zero-order chi connectivity index (χ0) is 21.6. The lowest BCUT2D eigenvalue weighted by atomic mass is 10.0. The van der Waals surface area contributed by atoms with E-state index in [1.807, 2.05) is 19.9 Å². The minimum absolute atomic E-state index is 0.486. The Labute approximate surface area is 181 Å². The van der Waals surface area contributed by atoms with Crippen molar-refractivity contribution in [2.75, 3.05) is 5.32 Å². The molecule has 2 heterocycles. The van der Waals surface area contributed by atoms with Crippen LogP contribution in [0.25, 0.3) is 22.2 Å². The van der Waals surface area contributed by atoms with Crippen LogP contribution >= 0.6 is 11.6 Å². The van der Waals surface area contributed by atoms with Crippen molar-refractivity contribution < 1.29 is 0 Å². The third kappa shape index (κ3) is 5.33. The van der Waals surface area contributed by atoms with Crippen LogP contribution in [0.2, 0.25) is 5.02 Å². The van der Waals surface area contributed by atoms with E-state index in [2.05, 4.69) is 63.1 Å². The van der Waals surface area contributed by atoms with Gasteiger partial charge in [0, 0.05) is 33.6 Å². The maximum absolute atomic E-state index is 6.58. The number of halogens is 1. The van der Waals surface area contributed by atoms with Gasteiger partial charge in [-0.05, 0) is 51.3 Å². The molecule has 0 bridgehead atoms. The largest absolute Gasteiger partial charge is 0.381 e. The van der Waals surface area contributed by atoms with Gasteiger partial charge in [-0.1, -0.05) is 64.3 Å². The summed E-state index contributed by atoms with van der Waals surface area (Å²) in [4.78, 5) is 8.44. The zero-order valence-electron chi connectivity index (χ0n) is 19.0. The van der Waals surface area contributed by atoms with Crippen LogP contribution in [-0.2, 0) is 0 Å². The average molecular weight is 414 g/mol. The van der Waals surface area contributed by atoms with Gasteiger partial charge in [0.1, 0.15) is 0 Å². The van der Waals surface area contributed by atoms with Crippen LogP contribution in [0, 0.1) is 20.8 Å². The molecule has 0 saturated carbocycles. The highest BCUT2D eigenvalue weighted by atomic mass is 35.5. The van der Waals surface area contributed by atoms with Crippen LogP contribution in [-0.4, -0.2) is 16.0 Å².